The van der Waals surface area contributed by atoms with E-state index in [1.807, 2.05) is 0 Å². The third-order valence-corrected chi connectivity index (χ3v) is 6.84. The Morgan fingerprint density at radius 1 is 1.15 bits per heavy atom. The van der Waals surface area contributed by atoms with E-state index in [2.05, 4.69) is 34.0 Å². The second-order valence-electron chi connectivity index (χ2n) is 10.7. The lowest BCUT2D eigenvalue weighted by Gasteiger charge is -2.38. The fraction of sp³-hybridized carbons (Fsp3) is 0.429. The Bertz CT molecular complexity index is 1310. The van der Waals surface area contributed by atoms with Crippen molar-refractivity contribution in [2.45, 2.75) is 51.7 Å². The number of amides is 1. The average Bonchev–Trinajstić information content (AvgIpc) is 3.32. The van der Waals surface area contributed by atoms with Crippen molar-refractivity contribution in [1.29, 1.82) is 0 Å². The summed E-state index contributed by atoms with van der Waals surface area (Å²) in [4.78, 5) is 35.6. The molecule has 0 spiro atoms. The molecule has 0 bridgehead atoms. The first-order chi connectivity index (χ1) is 18.4. The third kappa shape index (κ3) is 7.23. The second-order valence-corrected chi connectivity index (χ2v) is 10.7. The summed E-state index contributed by atoms with van der Waals surface area (Å²) < 4.78 is 42.8. The molecule has 2 aromatic heterocycles. The van der Waals surface area contributed by atoms with Crippen molar-refractivity contribution in [2.24, 2.45) is 5.41 Å². The van der Waals surface area contributed by atoms with Crippen molar-refractivity contribution in [3.05, 3.63) is 66.1 Å². The van der Waals surface area contributed by atoms with E-state index in [1.165, 1.54) is 35.2 Å². The number of piperidine rings is 1. The number of carboxylic acid groups (broad SMARTS) is 1. The van der Waals surface area contributed by atoms with E-state index in [-0.39, 0.29) is 34.7 Å². The first-order valence-electron chi connectivity index (χ1n) is 12.9. The van der Waals surface area contributed by atoms with Crippen LogP contribution in [0.25, 0.3) is 17.2 Å². The normalized spacial score (nSPS) is 16.5. The van der Waals surface area contributed by atoms with Crippen LogP contribution >= 0.6 is 0 Å². The van der Waals surface area contributed by atoms with Gasteiger partial charge in [0.1, 0.15) is 17.3 Å². The minimum atomic E-state index is -4.64. The molecule has 1 atom stereocenters. The maximum atomic E-state index is 13.8. The summed E-state index contributed by atoms with van der Waals surface area (Å²) in [6, 6.07) is 9.25. The lowest BCUT2D eigenvalue weighted by atomic mass is 9.84. The smallest absolute Gasteiger partial charge is 0.417 e. The van der Waals surface area contributed by atoms with Gasteiger partial charge in [0.2, 0.25) is 0 Å². The SMILES string of the molecule is CC1(C)CCCN(CC[C@@H](CC(=O)O)NC(=O)c2cn(-c3ccccn3)c(-c3ccccc3C(F)(F)F)n2)C1. The van der Waals surface area contributed by atoms with Crippen LogP contribution in [0.3, 0.4) is 0 Å². The van der Waals surface area contributed by atoms with E-state index in [1.54, 1.807) is 18.2 Å². The van der Waals surface area contributed by atoms with Gasteiger partial charge in [0, 0.05) is 37.1 Å². The second kappa shape index (κ2) is 11.6. The van der Waals surface area contributed by atoms with E-state index in [0.717, 1.165) is 32.0 Å². The van der Waals surface area contributed by atoms with Gasteiger partial charge in [-0.05, 0) is 49.4 Å². The van der Waals surface area contributed by atoms with E-state index in [4.69, 9.17) is 0 Å². The minimum absolute atomic E-state index is 0.0999. The number of carboxylic acids is 1. The average molecular weight is 544 g/mol. The van der Waals surface area contributed by atoms with Crippen molar-refractivity contribution >= 4 is 11.9 Å². The molecule has 8 nitrogen and oxygen atoms in total. The summed E-state index contributed by atoms with van der Waals surface area (Å²) in [6.07, 6.45) is 0.472. The molecule has 0 unspecified atom stereocenters. The van der Waals surface area contributed by atoms with Crippen LogP contribution in [0.1, 0.15) is 55.6 Å². The Balaban J connectivity index is 1.62. The highest BCUT2D eigenvalue weighted by Crippen LogP contribution is 2.37. The largest absolute Gasteiger partial charge is 0.481 e. The number of hydrogen-bond acceptors (Lipinski definition) is 5. The molecule has 1 fully saturated rings. The van der Waals surface area contributed by atoms with Gasteiger partial charge in [-0.25, -0.2) is 9.97 Å². The van der Waals surface area contributed by atoms with Gasteiger partial charge in [0.05, 0.1) is 12.0 Å². The van der Waals surface area contributed by atoms with Gasteiger partial charge < -0.3 is 15.3 Å². The summed E-state index contributed by atoms with van der Waals surface area (Å²) in [5.41, 5.74) is -1.06. The number of carbonyl (C=O) groups excluding carboxylic acids is 1. The van der Waals surface area contributed by atoms with Gasteiger partial charge in [-0.1, -0.05) is 38.1 Å². The molecule has 1 aromatic carbocycles. The maximum absolute atomic E-state index is 13.8. The predicted molar refractivity (Wildman–Crippen MR) is 139 cm³/mol. The zero-order chi connectivity index (χ0) is 28.2. The van der Waals surface area contributed by atoms with Gasteiger partial charge in [0.15, 0.2) is 0 Å². The summed E-state index contributed by atoms with van der Waals surface area (Å²) in [6.45, 7) is 6.81. The molecule has 1 aliphatic rings. The molecule has 11 heteroatoms. The highest BCUT2D eigenvalue weighted by molar-refractivity contribution is 5.93. The molecule has 1 saturated heterocycles. The molecule has 1 amide bonds. The molecule has 4 rings (SSSR count). The van der Waals surface area contributed by atoms with Gasteiger partial charge >= 0.3 is 12.1 Å². The number of benzene rings is 1. The van der Waals surface area contributed by atoms with Crippen molar-refractivity contribution < 1.29 is 27.9 Å². The highest BCUT2D eigenvalue weighted by atomic mass is 19.4. The number of pyridine rings is 1. The number of alkyl halides is 3. The zero-order valence-corrected chi connectivity index (χ0v) is 21.9. The van der Waals surface area contributed by atoms with Crippen molar-refractivity contribution in [2.75, 3.05) is 19.6 Å². The van der Waals surface area contributed by atoms with Crippen molar-refractivity contribution in [3.63, 3.8) is 0 Å². The maximum Gasteiger partial charge on any atom is 0.417 e. The van der Waals surface area contributed by atoms with Crippen LogP contribution in [0, 0.1) is 5.41 Å². The first kappa shape index (κ1) is 28.3. The monoisotopic (exact) mass is 543 g/mol. The summed E-state index contributed by atoms with van der Waals surface area (Å²) in [5, 5.41) is 12.2. The zero-order valence-electron chi connectivity index (χ0n) is 21.9. The van der Waals surface area contributed by atoms with Crippen LogP contribution in [0.5, 0.6) is 0 Å². The molecular formula is C28H32F3N5O3. The Kier molecular flexibility index (Phi) is 8.39. The molecule has 0 aliphatic carbocycles. The molecule has 39 heavy (non-hydrogen) atoms. The quantitative estimate of drug-likeness (QED) is 0.392. The summed E-state index contributed by atoms with van der Waals surface area (Å²) in [7, 11) is 0. The highest BCUT2D eigenvalue weighted by Gasteiger charge is 2.35. The van der Waals surface area contributed by atoms with Crippen LogP contribution in [-0.4, -0.2) is 62.1 Å². The number of hydrogen-bond donors (Lipinski definition) is 2. The van der Waals surface area contributed by atoms with E-state index < -0.39 is 29.7 Å². The number of rotatable bonds is 9. The summed E-state index contributed by atoms with van der Waals surface area (Å²) >= 11 is 0. The molecule has 208 valence electrons. The van der Waals surface area contributed by atoms with E-state index >= 15 is 0 Å². The van der Waals surface area contributed by atoms with E-state index in [9.17, 15) is 27.9 Å². The molecule has 0 radical (unpaired) electrons. The number of imidazole rings is 1. The fourth-order valence-corrected chi connectivity index (χ4v) is 5.05. The molecule has 0 saturated carbocycles. The summed E-state index contributed by atoms with van der Waals surface area (Å²) in [5.74, 6) is -1.54. The number of nitrogens with zero attached hydrogens (tertiary/aromatic N) is 4. The lowest BCUT2D eigenvalue weighted by molar-refractivity contribution is -0.138. The number of aromatic nitrogens is 3. The van der Waals surface area contributed by atoms with Crippen LogP contribution in [0.2, 0.25) is 0 Å². The van der Waals surface area contributed by atoms with Crippen LogP contribution in [-0.2, 0) is 11.0 Å². The third-order valence-electron chi connectivity index (χ3n) is 6.84. The Morgan fingerprint density at radius 3 is 2.56 bits per heavy atom. The van der Waals surface area contributed by atoms with E-state index in [0.29, 0.717) is 13.0 Å². The van der Waals surface area contributed by atoms with Crippen LogP contribution in [0.4, 0.5) is 13.2 Å². The van der Waals surface area contributed by atoms with Gasteiger partial charge in [0.25, 0.3) is 5.91 Å². The molecular weight excluding hydrogens is 511 g/mol. The first-order valence-corrected chi connectivity index (χ1v) is 12.9. The Hall–Kier alpha value is -3.73. The lowest BCUT2D eigenvalue weighted by Crippen LogP contribution is -2.44. The molecule has 2 N–H and O–H groups in total. The number of nitrogens with one attached hydrogen (secondary N) is 1. The van der Waals surface area contributed by atoms with Gasteiger partial charge in [-0.15, -0.1) is 0 Å². The van der Waals surface area contributed by atoms with Crippen LogP contribution in [0.15, 0.2) is 54.9 Å². The number of likely N-dealkylation sites (tertiary alicyclic amines) is 1. The van der Waals surface area contributed by atoms with Gasteiger partial charge in [-0.3, -0.25) is 14.2 Å². The molecule has 3 aromatic rings. The molecule has 1 aliphatic heterocycles. The van der Waals surface area contributed by atoms with Gasteiger partial charge in [-0.2, -0.15) is 13.2 Å². The van der Waals surface area contributed by atoms with Crippen LogP contribution < -0.4 is 5.32 Å². The number of aliphatic carboxylic acids is 1. The fourth-order valence-electron chi connectivity index (χ4n) is 5.05. The Morgan fingerprint density at radius 2 is 1.90 bits per heavy atom. The minimum Gasteiger partial charge on any atom is -0.481 e. The number of carbonyl (C=O) groups is 2. The predicted octanol–water partition coefficient (Wildman–Crippen LogP) is 5.04. The standard InChI is InChI=1S/C28H32F3N5O3/c1-27(2)12-7-14-35(18-27)15-11-19(16-24(37)38)33-26(39)22-17-36(23-10-5-6-13-32-23)25(34-22)20-8-3-4-9-21(20)28(29,30)31/h3-6,8-10,13,17,19H,7,11-12,14-16,18H2,1-2H3,(H,33,39)(H,37,38)/t19-/m0/s1. The molecule has 3 heterocycles. The Labute approximate surface area is 224 Å². The number of halogens is 3. The van der Waals surface area contributed by atoms with Crippen molar-refractivity contribution in [3.8, 4) is 17.2 Å². The van der Waals surface area contributed by atoms with Crippen molar-refractivity contribution in [1.82, 2.24) is 24.8 Å². The topological polar surface area (TPSA) is 100 Å².